The predicted molar refractivity (Wildman–Crippen MR) is 78.8 cm³/mol. The van der Waals surface area contributed by atoms with Gasteiger partial charge in [0.2, 0.25) is 0 Å². The van der Waals surface area contributed by atoms with E-state index < -0.39 is 0 Å². The molecule has 0 bridgehead atoms. The number of aryl methyl sites for hydroxylation is 1. The normalized spacial score (nSPS) is 11.9. The second-order valence-electron chi connectivity index (χ2n) is 4.67. The zero-order chi connectivity index (χ0) is 14.1. The molecule has 0 atom stereocenters. The third-order valence-electron chi connectivity index (χ3n) is 3.21. The fourth-order valence-electron chi connectivity index (χ4n) is 2.07. The van der Waals surface area contributed by atoms with Gasteiger partial charge in [0.25, 0.3) is 0 Å². The molecule has 4 N–H and O–H groups in total. The lowest BCUT2D eigenvalue weighted by Gasteiger charge is -1.97. The Labute approximate surface area is 115 Å². The maximum Gasteiger partial charge on any atom is 0.170 e. The van der Waals surface area contributed by atoms with Gasteiger partial charge in [-0.3, -0.25) is 0 Å². The summed E-state index contributed by atoms with van der Waals surface area (Å²) in [4.78, 5) is 7.79. The second-order valence-corrected chi connectivity index (χ2v) is 4.67. The van der Waals surface area contributed by atoms with Gasteiger partial charge in [-0.25, -0.2) is 4.98 Å². The number of oxime groups is 1. The van der Waals surface area contributed by atoms with Crippen LogP contribution in [0.5, 0.6) is 0 Å². The van der Waals surface area contributed by atoms with E-state index in [1.54, 1.807) is 6.07 Å². The third kappa shape index (κ3) is 2.09. The number of H-pyrrole nitrogens is 1. The molecule has 0 aliphatic carbocycles. The molecule has 0 aliphatic rings. The number of fused-ring (bicyclic) bond motifs is 1. The minimum absolute atomic E-state index is 0.0818. The van der Waals surface area contributed by atoms with Gasteiger partial charge < -0.3 is 15.9 Å². The van der Waals surface area contributed by atoms with Gasteiger partial charge >= 0.3 is 0 Å². The Morgan fingerprint density at radius 1 is 1.20 bits per heavy atom. The van der Waals surface area contributed by atoms with Crippen molar-refractivity contribution in [3.8, 4) is 11.4 Å². The van der Waals surface area contributed by atoms with E-state index in [0.717, 1.165) is 22.4 Å². The summed E-state index contributed by atoms with van der Waals surface area (Å²) in [6, 6.07) is 13.6. The van der Waals surface area contributed by atoms with Crippen LogP contribution >= 0.6 is 0 Å². The fraction of sp³-hybridized carbons (Fsp3) is 0.0667. The van der Waals surface area contributed by atoms with E-state index in [0.29, 0.717) is 5.56 Å². The van der Waals surface area contributed by atoms with Crippen LogP contribution in [0.15, 0.2) is 47.6 Å². The smallest absolute Gasteiger partial charge is 0.170 e. The second kappa shape index (κ2) is 4.70. The molecule has 0 aliphatic heterocycles. The van der Waals surface area contributed by atoms with E-state index in [4.69, 9.17) is 10.9 Å². The molecule has 100 valence electrons. The highest BCUT2D eigenvalue weighted by Gasteiger charge is 2.07. The highest BCUT2D eigenvalue weighted by molar-refractivity contribution is 5.99. The molecular formula is C15H14N4O. The topological polar surface area (TPSA) is 87.3 Å². The maximum absolute atomic E-state index is 8.71. The number of nitrogens with two attached hydrogens (primary N) is 1. The molecule has 3 rings (SSSR count). The number of amidine groups is 1. The van der Waals surface area contributed by atoms with Gasteiger partial charge in [0.1, 0.15) is 5.82 Å². The summed E-state index contributed by atoms with van der Waals surface area (Å²) in [6.45, 7) is 2.05. The summed E-state index contributed by atoms with van der Waals surface area (Å²) in [7, 11) is 0. The number of nitrogens with one attached hydrogen (secondary N) is 1. The van der Waals surface area contributed by atoms with Crippen LogP contribution in [0.2, 0.25) is 0 Å². The molecule has 3 aromatic rings. The minimum Gasteiger partial charge on any atom is -0.409 e. The van der Waals surface area contributed by atoms with E-state index >= 15 is 0 Å². The molecule has 0 unspecified atom stereocenters. The highest BCUT2D eigenvalue weighted by Crippen LogP contribution is 2.21. The van der Waals surface area contributed by atoms with Gasteiger partial charge in [0.05, 0.1) is 11.0 Å². The third-order valence-corrected chi connectivity index (χ3v) is 3.21. The fourth-order valence-corrected chi connectivity index (χ4v) is 2.07. The Hall–Kier alpha value is -2.82. The van der Waals surface area contributed by atoms with Crippen LogP contribution in [0.25, 0.3) is 22.4 Å². The molecule has 0 saturated carbocycles. The first kappa shape index (κ1) is 12.2. The molecule has 0 radical (unpaired) electrons. The van der Waals surface area contributed by atoms with Crippen molar-refractivity contribution in [1.82, 2.24) is 9.97 Å². The van der Waals surface area contributed by atoms with E-state index in [1.807, 2.05) is 43.3 Å². The van der Waals surface area contributed by atoms with Crippen LogP contribution < -0.4 is 5.73 Å². The van der Waals surface area contributed by atoms with Gasteiger partial charge in [-0.2, -0.15) is 0 Å². The molecule has 0 spiro atoms. The van der Waals surface area contributed by atoms with Crippen molar-refractivity contribution >= 4 is 16.9 Å². The van der Waals surface area contributed by atoms with Gasteiger partial charge in [-0.15, -0.1) is 0 Å². The molecule has 2 aromatic carbocycles. The van der Waals surface area contributed by atoms with Crippen LogP contribution in [0.4, 0.5) is 0 Å². The Balaban J connectivity index is 2.08. The van der Waals surface area contributed by atoms with Crippen molar-refractivity contribution < 1.29 is 5.21 Å². The van der Waals surface area contributed by atoms with Crippen LogP contribution in [-0.4, -0.2) is 21.0 Å². The first-order chi connectivity index (χ1) is 9.67. The summed E-state index contributed by atoms with van der Waals surface area (Å²) in [5, 5.41) is 11.7. The lowest BCUT2D eigenvalue weighted by atomic mass is 10.1. The van der Waals surface area contributed by atoms with Crippen LogP contribution in [0, 0.1) is 6.92 Å². The SMILES string of the molecule is Cc1ccc(-c2nc3ccc(C(N)=NO)cc3[nH]2)cc1. The molecular weight excluding hydrogens is 252 g/mol. The largest absolute Gasteiger partial charge is 0.409 e. The summed E-state index contributed by atoms with van der Waals surface area (Å²) < 4.78 is 0. The standard InChI is InChI=1S/C15H14N4O/c1-9-2-4-10(5-3-9)15-17-12-7-6-11(14(16)19-20)8-13(12)18-15/h2-8,20H,1H3,(H2,16,19)(H,17,18). The van der Waals surface area contributed by atoms with Crippen LogP contribution in [0.3, 0.4) is 0 Å². The Bertz CT molecular complexity index is 787. The number of hydrogen-bond donors (Lipinski definition) is 3. The van der Waals surface area contributed by atoms with Crippen molar-refractivity contribution in [1.29, 1.82) is 0 Å². The molecule has 0 saturated heterocycles. The van der Waals surface area contributed by atoms with Crippen LogP contribution in [0.1, 0.15) is 11.1 Å². The monoisotopic (exact) mass is 266 g/mol. The Morgan fingerprint density at radius 3 is 2.65 bits per heavy atom. The average Bonchev–Trinajstić information content (AvgIpc) is 2.90. The van der Waals surface area contributed by atoms with Crippen molar-refractivity contribution in [2.24, 2.45) is 10.9 Å². The van der Waals surface area contributed by atoms with Crippen molar-refractivity contribution in [3.63, 3.8) is 0 Å². The van der Waals surface area contributed by atoms with Crippen molar-refractivity contribution in [3.05, 3.63) is 53.6 Å². The van der Waals surface area contributed by atoms with Gasteiger partial charge in [-0.1, -0.05) is 35.0 Å². The van der Waals surface area contributed by atoms with E-state index in [2.05, 4.69) is 15.1 Å². The minimum atomic E-state index is 0.0818. The lowest BCUT2D eigenvalue weighted by molar-refractivity contribution is 0.318. The van der Waals surface area contributed by atoms with Gasteiger partial charge in [0.15, 0.2) is 5.84 Å². The molecule has 20 heavy (non-hydrogen) atoms. The lowest BCUT2D eigenvalue weighted by Crippen LogP contribution is -2.12. The molecule has 0 amide bonds. The zero-order valence-corrected chi connectivity index (χ0v) is 11.0. The van der Waals surface area contributed by atoms with Gasteiger partial charge in [-0.05, 0) is 25.1 Å². The number of aromatic amines is 1. The molecule has 5 nitrogen and oxygen atoms in total. The highest BCUT2D eigenvalue weighted by atomic mass is 16.4. The number of nitrogens with zero attached hydrogens (tertiary/aromatic N) is 2. The number of hydrogen-bond acceptors (Lipinski definition) is 3. The number of imidazole rings is 1. The summed E-state index contributed by atoms with van der Waals surface area (Å²) in [5.41, 5.74) is 10.2. The summed E-state index contributed by atoms with van der Waals surface area (Å²) >= 11 is 0. The number of benzene rings is 2. The predicted octanol–water partition coefficient (Wildman–Crippen LogP) is 2.63. The van der Waals surface area contributed by atoms with E-state index in [9.17, 15) is 0 Å². The number of aromatic nitrogens is 2. The Kier molecular flexibility index (Phi) is 2.87. The summed E-state index contributed by atoms with van der Waals surface area (Å²) in [6.07, 6.45) is 0. The summed E-state index contributed by atoms with van der Waals surface area (Å²) in [5.74, 6) is 0.884. The maximum atomic E-state index is 8.71. The quantitative estimate of drug-likeness (QED) is 0.288. The van der Waals surface area contributed by atoms with Gasteiger partial charge in [0, 0.05) is 11.1 Å². The molecule has 1 aromatic heterocycles. The zero-order valence-electron chi connectivity index (χ0n) is 11.0. The first-order valence-corrected chi connectivity index (χ1v) is 6.22. The first-order valence-electron chi connectivity index (χ1n) is 6.22. The Morgan fingerprint density at radius 2 is 1.95 bits per heavy atom. The average molecular weight is 266 g/mol. The van der Waals surface area contributed by atoms with Crippen molar-refractivity contribution in [2.45, 2.75) is 6.92 Å². The van der Waals surface area contributed by atoms with Crippen LogP contribution in [-0.2, 0) is 0 Å². The molecule has 0 fully saturated rings. The van der Waals surface area contributed by atoms with Crippen molar-refractivity contribution in [2.75, 3.05) is 0 Å². The molecule has 1 heterocycles. The van der Waals surface area contributed by atoms with E-state index in [-0.39, 0.29) is 5.84 Å². The number of rotatable bonds is 2. The van der Waals surface area contributed by atoms with E-state index in [1.165, 1.54) is 5.56 Å². The molecule has 5 heteroatoms.